The normalized spacial score (nSPS) is 57.3. The molecule has 0 aromatic heterocycles. The van der Waals surface area contributed by atoms with Crippen molar-refractivity contribution in [3.05, 3.63) is 0 Å². The van der Waals surface area contributed by atoms with E-state index in [4.69, 9.17) is 0 Å². The fraction of sp³-hybridized carbons (Fsp3) is 1.00. The average molecular weight is 152 g/mol. The summed E-state index contributed by atoms with van der Waals surface area (Å²) < 4.78 is 0. The van der Waals surface area contributed by atoms with Crippen LogP contribution in [0.1, 0.15) is 34.1 Å². The number of hydrogen-bond donors (Lipinski definition) is 0. The minimum atomic E-state index is 1.02. The lowest BCUT2D eigenvalue weighted by molar-refractivity contribution is 0.398. The van der Waals surface area contributed by atoms with E-state index >= 15 is 0 Å². The van der Waals surface area contributed by atoms with Gasteiger partial charge in [0, 0.05) is 0 Å². The van der Waals surface area contributed by atoms with Gasteiger partial charge in [-0.15, -0.1) is 0 Å². The highest BCUT2D eigenvalue weighted by Gasteiger charge is 2.52. The van der Waals surface area contributed by atoms with Crippen molar-refractivity contribution in [2.75, 3.05) is 0 Å². The first-order valence-corrected chi connectivity index (χ1v) is 5.13. The standard InChI is InChI=1S/C11H20/c1-6-5-10(6)9(4)11-7(2)8(11)3/h6-11H,5H2,1-4H3. The molecule has 0 N–H and O–H groups in total. The molecule has 0 saturated heterocycles. The third-order valence-electron chi connectivity index (χ3n) is 4.36. The average Bonchev–Trinajstić information content (AvgIpc) is 2.77. The van der Waals surface area contributed by atoms with Crippen molar-refractivity contribution in [3.63, 3.8) is 0 Å². The van der Waals surface area contributed by atoms with Crippen LogP contribution in [0.3, 0.4) is 0 Å². The molecule has 64 valence electrons. The molecule has 5 atom stereocenters. The van der Waals surface area contributed by atoms with Gasteiger partial charge in [0.05, 0.1) is 0 Å². The Kier molecular flexibility index (Phi) is 1.56. The van der Waals surface area contributed by atoms with Gasteiger partial charge >= 0.3 is 0 Å². The summed E-state index contributed by atoms with van der Waals surface area (Å²) in [7, 11) is 0. The van der Waals surface area contributed by atoms with E-state index in [0.29, 0.717) is 0 Å². The Morgan fingerprint density at radius 2 is 1.55 bits per heavy atom. The molecule has 2 aliphatic carbocycles. The van der Waals surface area contributed by atoms with E-state index in [1.54, 1.807) is 0 Å². The molecule has 0 heterocycles. The van der Waals surface area contributed by atoms with E-state index in [9.17, 15) is 0 Å². The Labute approximate surface area is 70.4 Å². The largest absolute Gasteiger partial charge is 0.0622 e. The molecule has 0 spiro atoms. The zero-order valence-electron chi connectivity index (χ0n) is 8.17. The van der Waals surface area contributed by atoms with E-state index in [0.717, 1.165) is 35.5 Å². The minimum Gasteiger partial charge on any atom is -0.0622 e. The molecule has 2 aliphatic rings. The molecule has 0 aromatic rings. The maximum absolute atomic E-state index is 2.47. The van der Waals surface area contributed by atoms with E-state index in [1.165, 1.54) is 6.42 Å². The van der Waals surface area contributed by atoms with Crippen LogP contribution in [0, 0.1) is 35.5 Å². The first kappa shape index (κ1) is 7.64. The third kappa shape index (κ3) is 1.11. The molecule has 0 radical (unpaired) electrons. The van der Waals surface area contributed by atoms with Crippen LogP contribution in [-0.4, -0.2) is 0 Å². The Bertz CT molecular complexity index is 153. The molecule has 2 rings (SSSR count). The van der Waals surface area contributed by atoms with Crippen molar-refractivity contribution in [2.45, 2.75) is 34.1 Å². The fourth-order valence-corrected chi connectivity index (χ4v) is 3.03. The molecule has 0 amide bonds. The van der Waals surface area contributed by atoms with Gasteiger partial charge in [0.25, 0.3) is 0 Å². The van der Waals surface area contributed by atoms with Gasteiger partial charge in [-0.2, -0.15) is 0 Å². The second-order valence-electron chi connectivity index (χ2n) is 5.03. The molecule has 0 aliphatic heterocycles. The van der Waals surface area contributed by atoms with Crippen LogP contribution in [0.4, 0.5) is 0 Å². The van der Waals surface area contributed by atoms with Crippen LogP contribution in [0.2, 0.25) is 0 Å². The van der Waals surface area contributed by atoms with Gasteiger partial charge in [-0.1, -0.05) is 27.7 Å². The Morgan fingerprint density at radius 1 is 1.09 bits per heavy atom. The molecular formula is C11H20. The van der Waals surface area contributed by atoms with Crippen LogP contribution in [0.5, 0.6) is 0 Å². The smallest absolute Gasteiger partial charge is 0.0329 e. The molecule has 0 heteroatoms. The van der Waals surface area contributed by atoms with E-state index in [1.807, 2.05) is 0 Å². The number of hydrogen-bond acceptors (Lipinski definition) is 0. The molecule has 0 aromatic carbocycles. The lowest BCUT2D eigenvalue weighted by atomic mass is 9.97. The van der Waals surface area contributed by atoms with Crippen LogP contribution in [0.25, 0.3) is 0 Å². The Morgan fingerprint density at radius 3 is 1.82 bits per heavy atom. The SMILES string of the molecule is CC1CC1C(C)C1C(C)C1C. The van der Waals surface area contributed by atoms with Gasteiger partial charge in [0.15, 0.2) is 0 Å². The van der Waals surface area contributed by atoms with Crippen molar-refractivity contribution in [1.29, 1.82) is 0 Å². The lowest BCUT2D eigenvalue weighted by Crippen LogP contribution is -2.03. The molecule has 2 fully saturated rings. The first-order chi connectivity index (χ1) is 5.13. The van der Waals surface area contributed by atoms with Gasteiger partial charge in [0.2, 0.25) is 0 Å². The predicted octanol–water partition coefficient (Wildman–Crippen LogP) is 3.18. The second-order valence-corrected chi connectivity index (χ2v) is 5.03. The molecule has 5 unspecified atom stereocenters. The summed E-state index contributed by atoms with van der Waals surface area (Å²) in [5.74, 6) is 6.29. The highest BCUT2D eigenvalue weighted by molar-refractivity contribution is 5.00. The van der Waals surface area contributed by atoms with Gasteiger partial charge in [-0.3, -0.25) is 0 Å². The zero-order chi connectivity index (χ0) is 8.17. The van der Waals surface area contributed by atoms with Crippen molar-refractivity contribution in [1.82, 2.24) is 0 Å². The van der Waals surface area contributed by atoms with Crippen LogP contribution < -0.4 is 0 Å². The maximum Gasteiger partial charge on any atom is -0.0329 e. The molecule has 0 bridgehead atoms. The van der Waals surface area contributed by atoms with Gasteiger partial charge in [-0.05, 0) is 41.9 Å². The summed E-state index contributed by atoms with van der Waals surface area (Å²) in [6.45, 7) is 9.70. The van der Waals surface area contributed by atoms with Crippen LogP contribution >= 0.6 is 0 Å². The van der Waals surface area contributed by atoms with Crippen LogP contribution in [-0.2, 0) is 0 Å². The van der Waals surface area contributed by atoms with Crippen molar-refractivity contribution < 1.29 is 0 Å². The summed E-state index contributed by atoms with van der Waals surface area (Å²) in [6, 6.07) is 0. The Balaban J connectivity index is 1.87. The Hall–Kier alpha value is 0. The summed E-state index contributed by atoms with van der Waals surface area (Å²) in [6.07, 6.45) is 1.51. The highest BCUT2D eigenvalue weighted by atomic mass is 14.6. The van der Waals surface area contributed by atoms with Crippen molar-refractivity contribution in [3.8, 4) is 0 Å². The summed E-state index contributed by atoms with van der Waals surface area (Å²) >= 11 is 0. The second kappa shape index (κ2) is 2.24. The van der Waals surface area contributed by atoms with Gasteiger partial charge < -0.3 is 0 Å². The molecule has 0 nitrogen and oxygen atoms in total. The number of rotatable bonds is 2. The van der Waals surface area contributed by atoms with E-state index < -0.39 is 0 Å². The summed E-state index contributed by atoms with van der Waals surface area (Å²) in [4.78, 5) is 0. The van der Waals surface area contributed by atoms with Gasteiger partial charge in [-0.25, -0.2) is 0 Å². The third-order valence-corrected chi connectivity index (χ3v) is 4.36. The minimum absolute atomic E-state index is 1.02. The van der Waals surface area contributed by atoms with Crippen molar-refractivity contribution in [2.24, 2.45) is 35.5 Å². The first-order valence-electron chi connectivity index (χ1n) is 5.13. The monoisotopic (exact) mass is 152 g/mol. The molecular weight excluding hydrogens is 132 g/mol. The van der Waals surface area contributed by atoms with E-state index in [-0.39, 0.29) is 0 Å². The van der Waals surface area contributed by atoms with E-state index in [2.05, 4.69) is 27.7 Å². The van der Waals surface area contributed by atoms with Crippen molar-refractivity contribution >= 4 is 0 Å². The quantitative estimate of drug-likeness (QED) is 0.570. The summed E-state index contributed by atoms with van der Waals surface area (Å²) in [5, 5.41) is 0. The zero-order valence-corrected chi connectivity index (χ0v) is 8.17. The molecule has 11 heavy (non-hydrogen) atoms. The lowest BCUT2D eigenvalue weighted by Gasteiger charge is -2.08. The highest BCUT2D eigenvalue weighted by Crippen LogP contribution is 2.58. The molecule has 2 saturated carbocycles. The fourth-order valence-electron chi connectivity index (χ4n) is 3.03. The predicted molar refractivity (Wildman–Crippen MR) is 48.3 cm³/mol. The van der Waals surface area contributed by atoms with Gasteiger partial charge in [0.1, 0.15) is 0 Å². The summed E-state index contributed by atoms with van der Waals surface area (Å²) in [5.41, 5.74) is 0. The maximum atomic E-state index is 2.47. The topological polar surface area (TPSA) is 0 Å². The van der Waals surface area contributed by atoms with Crippen LogP contribution in [0.15, 0.2) is 0 Å².